The van der Waals surface area contributed by atoms with Crippen molar-refractivity contribution in [2.24, 2.45) is 11.8 Å². The number of nitrogens with zero attached hydrogens (tertiary/aromatic N) is 1. The number of para-hydroxylation sites is 1. The van der Waals surface area contributed by atoms with Gasteiger partial charge in [-0.15, -0.1) is 0 Å². The van der Waals surface area contributed by atoms with E-state index < -0.39 is 50.0 Å². The Labute approximate surface area is 292 Å². The molecule has 0 saturated carbocycles. The molecule has 48 heavy (non-hydrogen) atoms. The van der Waals surface area contributed by atoms with Crippen LogP contribution in [0.5, 0.6) is 0 Å². The van der Waals surface area contributed by atoms with Gasteiger partial charge < -0.3 is 14.8 Å². The van der Waals surface area contributed by atoms with E-state index in [4.69, 9.17) is 18.8 Å². The van der Waals surface area contributed by atoms with Gasteiger partial charge in [-0.3, -0.25) is 23.5 Å². The van der Waals surface area contributed by atoms with Crippen LogP contribution in [0.15, 0.2) is 53.0 Å². The highest BCUT2D eigenvalue weighted by atomic mass is 79.9. The van der Waals surface area contributed by atoms with Gasteiger partial charge in [0.1, 0.15) is 12.7 Å². The number of hydrogen-bond acceptors (Lipinski definition) is 10. The normalized spacial score (nSPS) is 14.4. The second-order valence-electron chi connectivity index (χ2n) is 12.0. The average molecular weight is 758 g/mol. The molecule has 0 fully saturated rings. The van der Waals surface area contributed by atoms with Gasteiger partial charge >= 0.3 is 19.7 Å². The van der Waals surface area contributed by atoms with Crippen molar-refractivity contribution < 1.29 is 47.7 Å². The summed E-state index contributed by atoms with van der Waals surface area (Å²) < 4.78 is 35.8. The van der Waals surface area contributed by atoms with E-state index in [0.717, 1.165) is 27.9 Å². The Bertz CT molecular complexity index is 1340. The van der Waals surface area contributed by atoms with Crippen molar-refractivity contribution in [1.82, 2.24) is 5.06 Å². The van der Waals surface area contributed by atoms with E-state index >= 15 is 0 Å². The number of amides is 2. The van der Waals surface area contributed by atoms with E-state index in [0.29, 0.717) is 24.1 Å². The third-order valence-electron chi connectivity index (χ3n) is 7.19. The number of rotatable bonds is 21. The molecule has 0 saturated heterocycles. The number of esters is 1. The van der Waals surface area contributed by atoms with Gasteiger partial charge in [0, 0.05) is 22.1 Å². The summed E-state index contributed by atoms with van der Waals surface area (Å²) >= 11 is 3.40. The Morgan fingerprint density at radius 2 is 1.69 bits per heavy atom. The zero-order chi connectivity index (χ0) is 35.7. The van der Waals surface area contributed by atoms with E-state index in [-0.39, 0.29) is 32.0 Å². The molecule has 2 N–H and O–H groups in total. The summed E-state index contributed by atoms with van der Waals surface area (Å²) in [6.45, 7) is 11.0. The lowest BCUT2D eigenvalue weighted by Gasteiger charge is -2.31. The fourth-order valence-corrected chi connectivity index (χ4v) is 6.65. The standard InChI is InChI=1S/C34H50BrN2O10P/c1-7-9-12-19-44-37(34(40)45-25(5)20-24(3)4)26(6)46-48(42,47-41)23-29(21-27-15-17-30(35)18-16-27)33(39)36-31-14-11-10-13-28(31)22-43-32(38)8-2/h10-11,13-18,24-26,29,41H,7-9,12,19-23H2,1-6H3,(H,36,39). The maximum Gasteiger partial charge on any atom is 0.436 e. The molecular weight excluding hydrogens is 707 g/mol. The zero-order valence-electron chi connectivity index (χ0n) is 28.7. The summed E-state index contributed by atoms with van der Waals surface area (Å²) in [5, 5.41) is 13.6. The number of hydrogen-bond donors (Lipinski definition) is 2. The first-order valence-corrected chi connectivity index (χ1v) is 18.8. The Morgan fingerprint density at radius 1 is 1.00 bits per heavy atom. The molecule has 0 aromatic heterocycles. The quantitative estimate of drug-likeness (QED) is 0.0316. The minimum absolute atomic E-state index is 0.0562. The molecule has 12 nitrogen and oxygen atoms in total. The van der Waals surface area contributed by atoms with Crippen molar-refractivity contribution in [1.29, 1.82) is 0 Å². The Morgan fingerprint density at radius 3 is 2.31 bits per heavy atom. The third kappa shape index (κ3) is 14.8. The molecule has 268 valence electrons. The third-order valence-corrected chi connectivity index (χ3v) is 9.49. The van der Waals surface area contributed by atoms with Crippen LogP contribution in [0.25, 0.3) is 0 Å². The van der Waals surface area contributed by atoms with Gasteiger partial charge in [-0.05, 0) is 62.8 Å². The highest BCUT2D eigenvalue weighted by molar-refractivity contribution is 9.10. The van der Waals surface area contributed by atoms with Crippen molar-refractivity contribution in [3.8, 4) is 0 Å². The van der Waals surface area contributed by atoms with E-state index in [1.165, 1.54) is 6.92 Å². The molecule has 4 unspecified atom stereocenters. The first-order chi connectivity index (χ1) is 22.8. The smallest absolute Gasteiger partial charge is 0.436 e. The highest BCUT2D eigenvalue weighted by Crippen LogP contribution is 2.51. The van der Waals surface area contributed by atoms with Crippen LogP contribution in [-0.4, -0.2) is 53.4 Å². The largest absolute Gasteiger partial charge is 0.461 e. The molecule has 0 spiro atoms. The van der Waals surface area contributed by atoms with E-state index in [1.807, 2.05) is 32.9 Å². The molecule has 0 aliphatic rings. The fourth-order valence-electron chi connectivity index (χ4n) is 4.81. The summed E-state index contributed by atoms with van der Waals surface area (Å²) in [6, 6.07) is 14.1. The molecule has 4 atom stereocenters. The predicted molar refractivity (Wildman–Crippen MR) is 186 cm³/mol. The molecular formula is C34H50BrN2O10P. The van der Waals surface area contributed by atoms with E-state index in [9.17, 15) is 24.2 Å². The molecule has 0 radical (unpaired) electrons. The van der Waals surface area contributed by atoms with Crippen molar-refractivity contribution in [3.05, 3.63) is 64.1 Å². The van der Waals surface area contributed by atoms with Crippen LogP contribution in [0.2, 0.25) is 0 Å². The minimum Gasteiger partial charge on any atom is -0.461 e. The number of carbonyl (C=O) groups excluding carboxylic acids is 3. The van der Waals surface area contributed by atoms with E-state index in [2.05, 4.69) is 25.9 Å². The second-order valence-corrected chi connectivity index (χ2v) is 14.8. The number of ether oxygens (including phenoxy) is 2. The SMILES string of the molecule is CCCCCON(C(=O)OC(C)CC(C)C)C(C)OP(=O)(CC(Cc1ccc(Br)cc1)C(=O)Nc1ccccc1COC(=O)CC)OO. The zero-order valence-corrected chi connectivity index (χ0v) is 31.2. The maximum absolute atomic E-state index is 14.0. The summed E-state index contributed by atoms with van der Waals surface area (Å²) in [5.74, 6) is -1.71. The van der Waals surface area contributed by atoms with Crippen LogP contribution in [0, 0.1) is 11.8 Å². The molecule has 0 bridgehead atoms. The number of halogens is 1. The maximum atomic E-state index is 14.0. The van der Waals surface area contributed by atoms with Gasteiger partial charge in [0.05, 0.1) is 18.7 Å². The monoisotopic (exact) mass is 756 g/mol. The molecule has 0 aliphatic carbocycles. The molecule has 0 aliphatic heterocycles. The number of nitrogens with one attached hydrogen (secondary N) is 1. The van der Waals surface area contributed by atoms with Gasteiger partial charge in [-0.25, -0.2) is 10.1 Å². The molecule has 2 aromatic carbocycles. The van der Waals surface area contributed by atoms with Crippen LogP contribution in [-0.2, 0) is 50.7 Å². The molecule has 2 aromatic rings. The number of benzene rings is 2. The predicted octanol–water partition coefficient (Wildman–Crippen LogP) is 8.74. The van der Waals surface area contributed by atoms with Crippen LogP contribution < -0.4 is 5.32 Å². The average Bonchev–Trinajstić information content (AvgIpc) is 3.04. The summed E-state index contributed by atoms with van der Waals surface area (Å²) in [5.41, 5.74) is 1.69. The van der Waals surface area contributed by atoms with Gasteiger partial charge in [-0.1, -0.05) is 86.8 Å². The highest BCUT2D eigenvalue weighted by Gasteiger charge is 2.38. The number of carbonyl (C=O) groups is 3. The first kappa shape index (κ1) is 41.4. The van der Waals surface area contributed by atoms with Crippen molar-refractivity contribution in [2.75, 3.05) is 18.1 Å². The minimum atomic E-state index is -4.47. The van der Waals surface area contributed by atoms with Crippen molar-refractivity contribution in [3.63, 3.8) is 0 Å². The van der Waals surface area contributed by atoms with Gasteiger partial charge in [0.25, 0.3) is 0 Å². The van der Waals surface area contributed by atoms with Crippen LogP contribution >= 0.6 is 23.5 Å². The number of unbranched alkanes of at least 4 members (excludes halogenated alkanes) is 2. The van der Waals surface area contributed by atoms with Crippen molar-refractivity contribution >= 4 is 47.2 Å². The van der Waals surface area contributed by atoms with Crippen LogP contribution in [0.1, 0.15) is 84.8 Å². The number of anilines is 1. The molecule has 14 heteroatoms. The second kappa shape index (κ2) is 21.3. The van der Waals surface area contributed by atoms with Crippen LogP contribution in [0.4, 0.5) is 10.5 Å². The van der Waals surface area contributed by atoms with Gasteiger partial charge in [0.2, 0.25) is 5.91 Å². The van der Waals surface area contributed by atoms with Crippen molar-refractivity contribution in [2.45, 2.75) is 99.0 Å². The lowest BCUT2D eigenvalue weighted by atomic mass is 10.00. The topological polar surface area (TPSA) is 150 Å². The fraction of sp³-hybridized carbons (Fsp3) is 0.559. The number of hydroxylamine groups is 2. The summed E-state index contributed by atoms with van der Waals surface area (Å²) in [4.78, 5) is 44.5. The lowest BCUT2D eigenvalue weighted by Crippen LogP contribution is -2.42. The summed E-state index contributed by atoms with van der Waals surface area (Å²) in [7, 11) is -4.47. The summed E-state index contributed by atoms with van der Waals surface area (Å²) in [6.07, 6.45) is 0.196. The molecule has 2 rings (SSSR count). The molecule has 2 amide bonds. The van der Waals surface area contributed by atoms with Crippen LogP contribution in [0.3, 0.4) is 0 Å². The van der Waals surface area contributed by atoms with Gasteiger partial charge in [-0.2, -0.15) is 9.74 Å². The van der Waals surface area contributed by atoms with Gasteiger partial charge in [0.15, 0.2) is 6.23 Å². The molecule has 0 heterocycles. The first-order valence-electron chi connectivity index (χ1n) is 16.3. The Balaban J connectivity index is 2.33. The Kier molecular flexibility index (Phi) is 18.4. The lowest BCUT2D eigenvalue weighted by molar-refractivity contribution is -0.215. The Hall–Kier alpha value is -2.80. The van der Waals surface area contributed by atoms with E-state index in [1.54, 1.807) is 50.2 Å².